The maximum atomic E-state index is 12.5. The van der Waals surface area contributed by atoms with Gasteiger partial charge in [-0.15, -0.1) is 0 Å². The molecule has 1 unspecified atom stereocenters. The lowest BCUT2D eigenvalue weighted by atomic mass is 10.1. The van der Waals surface area contributed by atoms with Gasteiger partial charge in [0.1, 0.15) is 0 Å². The van der Waals surface area contributed by atoms with Gasteiger partial charge in [0.25, 0.3) is 14.3 Å². The Morgan fingerprint density at radius 2 is 1.64 bits per heavy atom. The van der Waals surface area contributed by atoms with E-state index in [9.17, 15) is 4.79 Å². The molecule has 7 heteroatoms. The predicted molar refractivity (Wildman–Crippen MR) is 110 cm³/mol. The van der Waals surface area contributed by atoms with Crippen LogP contribution in [-0.2, 0) is 18.1 Å². The van der Waals surface area contributed by atoms with Crippen molar-refractivity contribution in [3.05, 3.63) is 0 Å². The number of nitrogens with zero attached hydrogens (tertiary/aromatic N) is 1. The second kappa shape index (κ2) is 10.2. The van der Waals surface area contributed by atoms with Crippen molar-refractivity contribution in [1.82, 2.24) is 4.90 Å². The number of carbonyl (C=O) groups excluding carboxylic acids is 1. The second-order valence-corrected chi connectivity index (χ2v) is 16.9. The van der Waals surface area contributed by atoms with Gasteiger partial charge in [0.2, 0.25) is 0 Å². The number of carbonyl (C=O) groups is 1. The molecule has 0 saturated heterocycles. The van der Waals surface area contributed by atoms with E-state index in [-0.39, 0.29) is 16.9 Å². The standard InChI is InChI=1S/C18H41NO4Si2/c1-11-19(13-12-14-25(10,21-6)22-7)15-16(2)17(20)23-24(8,9)18(3,4)5/h16H,11-15H2,1-10H3. The van der Waals surface area contributed by atoms with Crippen molar-refractivity contribution < 1.29 is 18.1 Å². The maximum Gasteiger partial charge on any atom is 0.334 e. The first kappa shape index (κ1) is 24.8. The third-order valence-electron chi connectivity index (χ3n) is 5.51. The van der Waals surface area contributed by atoms with Gasteiger partial charge in [-0.3, -0.25) is 4.79 Å². The molecule has 0 aliphatic rings. The lowest BCUT2D eigenvalue weighted by molar-refractivity contribution is -0.140. The first-order chi connectivity index (χ1) is 11.3. The van der Waals surface area contributed by atoms with Gasteiger partial charge in [-0.2, -0.15) is 0 Å². The largest absolute Gasteiger partial charge is 0.519 e. The third-order valence-corrected chi connectivity index (χ3v) is 12.8. The first-order valence-electron chi connectivity index (χ1n) is 9.37. The van der Waals surface area contributed by atoms with E-state index < -0.39 is 16.9 Å². The molecule has 0 saturated carbocycles. The summed E-state index contributed by atoms with van der Waals surface area (Å²) in [5, 5.41) is 0.0439. The van der Waals surface area contributed by atoms with Crippen molar-refractivity contribution in [3.8, 4) is 0 Å². The minimum Gasteiger partial charge on any atom is -0.519 e. The van der Waals surface area contributed by atoms with Crippen LogP contribution in [0.4, 0.5) is 0 Å². The highest BCUT2D eigenvalue weighted by atomic mass is 28.4. The summed E-state index contributed by atoms with van der Waals surface area (Å²) in [6.07, 6.45) is 1.02. The van der Waals surface area contributed by atoms with Crippen LogP contribution >= 0.6 is 0 Å². The van der Waals surface area contributed by atoms with Gasteiger partial charge in [-0.25, -0.2) is 0 Å². The Morgan fingerprint density at radius 1 is 1.12 bits per heavy atom. The highest BCUT2D eigenvalue weighted by Gasteiger charge is 2.41. The zero-order chi connectivity index (χ0) is 19.9. The second-order valence-electron chi connectivity index (χ2n) is 8.62. The topological polar surface area (TPSA) is 48.0 Å². The van der Waals surface area contributed by atoms with E-state index in [1.54, 1.807) is 14.2 Å². The Labute approximate surface area is 157 Å². The predicted octanol–water partition coefficient (Wildman–Crippen LogP) is 4.25. The van der Waals surface area contributed by atoms with Crippen LogP contribution in [0, 0.1) is 5.92 Å². The maximum absolute atomic E-state index is 12.5. The normalized spacial score (nSPS) is 14.7. The summed E-state index contributed by atoms with van der Waals surface area (Å²) in [6, 6.07) is 0.958. The fourth-order valence-electron chi connectivity index (χ4n) is 2.26. The van der Waals surface area contributed by atoms with Gasteiger partial charge >= 0.3 is 8.56 Å². The zero-order valence-electron chi connectivity index (χ0n) is 18.2. The number of hydrogen-bond donors (Lipinski definition) is 0. The summed E-state index contributed by atoms with van der Waals surface area (Å²) in [5.74, 6) is -0.166. The Balaban J connectivity index is 4.54. The molecule has 0 rings (SSSR count). The molecule has 0 radical (unpaired) electrons. The molecule has 0 aromatic heterocycles. The van der Waals surface area contributed by atoms with E-state index >= 15 is 0 Å². The van der Waals surface area contributed by atoms with Gasteiger partial charge in [0.05, 0.1) is 5.92 Å². The van der Waals surface area contributed by atoms with Gasteiger partial charge in [0.15, 0.2) is 0 Å². The van der Waals surface area contributed by atoms with Crippen molar-refractivity contribution in [1.29, 1.82) is 0 Å². The minimum atomic E-state index is -2.05. The fraction of sp³-hybridized carbons (Fsp3) is 0.944. The van der Waals surface area contributed by atoms with Gasteiger partial charge in [-0.1, -0.05) is 34.6 Å². The van der Waals surface area contributed by atoms with Crippen LogP contribution < -0.4 is 0 Å². The number of hydrogen-bond acceptors (Lipinski definition) is 5. The lowest BCUT2D eigenvalue weighted by Crippen LogP contribution is -2.45. The average molecular weight is 392 g/mol. The van der Waals surface area contributed by atoms with E-state index in [1.165, 1.54) is 0 Å². The van der Waals surface area contributed by atoms with Crippen LogP contribution in [0.3, 0.4) is 0 Å². The molecular formula is C18H41NO4Si2. The van der Waals surface area contributed by atoms with Gasteiger partial charge < -0.3 is 18.2 Å². The van der Waals surface area contributed by atoms with Crippen molar-refractivity contribution in [2.45, 2.75) is 71.8 Å². The molecule has 150 valence electrons. The van der Waals surface area contributed by atoms with Crippen molar-refractivity contribution in [3.63, 3.8) is 0 Å². The summed E-state index contributed by atoms with van der Waals surface area (Å²) < 4.78 is 17.0. The van der Waals surface area contributed by atoms with Gasteiger partial charge in [0, 0.05) is 20.8 Å². The first-order valence-corrected chi connectivity index (χ1v) is 14.8. The summed E-state index contributed by atoms with van der Waals surface area (Å²) >= 11 is 0. The molecule has 0 fully saturated rings. The zero-order valence-corrected chi connectivity index (χ0v) is 20.2. The molecule has 0 bridgehead atoms. The molecule has 0 aromatic carbocycles. The van der Waals surface area contributed by atoms with Gasteiger partial charge in [-0.05, 0) is 50.2 Å². The summed E-state index contributed by atoms with van der Waals surface area (Å²) in [7, 11) is -0.595. The average Bonchev–Trinajstić information content (AvgIpc) is 2.51. The molecule has 0 amide bonds. The molecule has 5 nitrogen and oxygen atoms in total. The van der Waals surface area contributed by atoms with E-state index in [0.29, 0.717) is 0 Å². The highest BCUT2D eigenvalue weighted by molar-refractivity contribution is 6.75. The minimum absolute atomic E-state index is 0.0439. The monoisotopic (exact) mass is 391 g/mol. The Bertz CT molecular complexity index is 406. The Hall–Kier alpha value is -0.216. The smallest absolute Gasteiger partial charge is 0.334 e. The van der Waals surface area contributed by atoms with E-state index in [4.69, 9.17) is 13.3 Å². The molecule has 0 spiro atoms. The van der Waals surface area contributed by atoms with Crippen LogP contribution in [0.15, 0.2) is 0 Å². The van der Waals surface area contributed by atoms with E-state index in [0.717, 1.165) is 32.1 Å². The molecule has 25 heavy (non-hydrogen) atoms. The molecular weight excluding hydrogens is 350 g/mol. The summed E-state index contributed by atoms with van der Waals surface area (Å²) in [6.45, 7) is 19.5. The summed E-state index contributed by atoms with van der Waals surface area (Å²) in [4.78, 5) is 14.9. The molecule has 0 aromatic rings. The molecule has 0 N–H and O–H groups in total. The highest BCUT2D eigenvalue weighted by Crippen LogP contribution is 2.37. The quantitative estimate of drug-likeness (QED) is 0.493. The third kappa shape index (κ3) is 8.34. The molecule has 0 aliphatic carbocycles. The van der Waals surface area contributed by atoms with Crippen LogP contribution in [0.25, 0.3) is 0 Å². The lowest BCUT2D eigenvalue weighted by Gasteiger charge is -2.36. The Morgan fingerprint density at radius 3 is 2.04 bits per heavy atom. The van der Waals surface area contributed by atoms with Crippen LogP contribution in [0.2, 0.25) is 30.7 Å². The van der Waals surface area contributed by atoms with Crippen LogP contribution in [0.5, 0.6) is 0 Å². The van der Waals surface area contributed by atoms with E-state index in [2.05, 4.69) is 52.2 Å². The Kier molecular flexibility index (Phi) is 10.1. The molecule has 0 aliphatic heterocycles. The summed E-state index contributed by atoms with van der Waals surface area (Å²) in [5.41, 5.74) is 0. The van der Waals surface area contributed by atoms with Crippen molar-refractivity contribution in [2.24, 2.45) is 5.92 Å². The van der Waals surface area contributed by atoms with Crippen molar-refractivity contribution >= 4 is 22.8 Å². The SMILES string of the molecule is CCN(CCC[Si](C)(OC)OC)CC(C)C(=O)O[Si](C)(C)C(C)(C)C. The van der Waals surface area contributed by atoms with Crippen molar-refractivity contribution in [2.75, 3.05) is 33.9 Å². The molecule has 0 heterocycles. The number of rotatable bonds is 11. The fourth-order valence-corrected chi connectivity index (χ4v) is 4.64. The van der Waals surface area contributed by atoms with E-state index in [1.807, 2.05) is 6.92 Å². The van der Waals surface area contributed by atoms with Crippen LogP contribution in [0.1, 0.15) is 41.0 Å². The molecule has 1 atom stereocenters. The van der Waals surface area contributed by atoms with Crippen LogP contribution in [-0.4, -0.2) is 61.6 Å².